The summed E-state index contributed by atoms with van der Waals surface area (Å²) >= 11 is 0. The Kier molecular flexibility index (Phi) is 21.9. The third-order valence-corrected chi connectivity index (χ3v) is 18.0. The van der Waals surface area contributed by atoms with E-state index in [0.29, 0.717) is 64.7 Å². The van der Waals surface area contributed by atoms with Gasteiger partial charge in [0.15, 0.2) is 0 Å². The van der Waals surface area contributed by atoms with Gasteiger partial charge in [-0.05, 0) is 127 Å². The maximum absolute atomic E-state index is 15.2. The number of rotatable bonds is 18. The fraction of sp³-hybridized carbons (Fsp3) is 0.472. The zero-order valence-electron chi connectivity index (χ0n) is 54.9. The number of likely N-dealkylation sites (N-methyl/N-ethyl adjacent to an activating group) is 2. The molecule has 0 saturated carbocycles. The van der Waals surface area contributed by atoms with Gasteiger partial charge < -0.3 is 40.5 Å². The second kappa shape index (κ2) is 29.8. The van der Waals surface area contributed by atoms with Gasteiger partial charge in [-0.15, -0.1) is 0 Å². The Morgan fingerprint density at radius 1 is 0.467 bits per heavy atom. The maximum atomic E-state index is 15.2. The smallest absolute Gasteiger partial charge is 0.410 e. The molecular weight excluding hydrogens is 1160 g/mol. The van der Waals surface area contributed by atoms with Crippen LogP contribution in [-0.2, 0) is 51.3 Å². The molecular formula is C72H92N10O10. The molecule has 4 aliphatic heterocycles. The van der Waals surface area contributed by atoms with Crippen molar-refractivity contribution >= 4 is 47.6 Å². The molecule has 0 aliphatic carbocycles. The van der Waals surface area contributed by atoms with E-state index in [1.54, 1.807) is 65.2 Å². The monoisotopic (exact) mass is 1260 g/mol. The van der Waals surface area contributed by atoms with Crippen molar-refractivity contribution in [3.63, 3.8) is 0 Å². The number of hydrogen-bond acceptors (Lipinski definition) is 12. The molecule has 0 aromatic heterocycles. The Morgan fingerprint density at radius 2 is 0.772 bits per heavy atom. The summed E-state index contributed by atoms with van der Waals surface area (Å²) in [6, 6.07) is 39.6. The van der Waals surface area contributed by atoms with Crippen molar-refractivity contribution in [1.29, 1.82) is 0 Å². The molecule has 20 nitrogen and oxygen atoms in total. The quantitative estimate of drug-likeness (QED) is 0.0654. The average Bonchev–Trinajstić information content (AvgIpc) is 1.60. The molecule has 92 heavy (non-hydrogen) atoms. The number of benzene rings is 5. The number of hydrogen-bond donors (Lipinski definition) is 4. The highest BCUT2D eigenvalue weighted by Gasteiger charge is 2.48. The predicted octanol–water partition coefficient (Wildman–Crippen LogP) is 8.11. The number of nitrogens with zero attached hydrogens (tertiary/aromatic N) is 6. The fourth-order valence-electron chi connectivity index (χ4n) is 12.9. The molecule has 4 heterocycles. The molecule has 0 radical (unpaired) electrons. The molecule has 0 bridgehead atoms. The summed E-state index contributed by atoms with van der Waals surface area (Å²) in [5.74, 6) is -2.44. The summed E-state index contributed by atoms with van der Waals surface area (Å²) in [6.45, 7) is 15.8. The van der Waals surface area contributed by atoms with Crippen LogP contribution in [0.5, 0.6) is 0 Å². The summed E-state index contributed by atoms with van der Waals surface area (Å²) in [5, 5.41) is 12.6. The van der Waals surface area contributed by atoms with E-state index in [9.17, 15) is 28.8 Å². The molecule has 8 amide bonds. The first kappa shape index (κ1) is 67.8. The number of amides is 8. The van der Waals surface area contributed by atoms with E-state index in [1.165, 1.54) is 23.9 Å². The second-order valence-electron chi connectivity index (χ2n) is 27.0. The number of carbonyl (C=O) groups is 8. The predicted molar refractivity (Wildman–Crippen MR) is 350 cm³/mol. The van der Waals surface area contributed by atoms with E-state index < -0.39 is 83.5 Å². The van der Waals surface area contributed by atoms with Gasteiger partial charge in [-0.25, -0.2) is 9.59 Å². The van der Waals surface area contributed by atoms with Crippen molar-refractivity contribution < 1.29 is 47.8 Å². The summed E-state index contributed by atoms with van der Waals surface area (Å²) in [4.78, 5) is 125. The van der Waals surface area contributed by atoms with E-state index in [4.69, 9.17) is 9.47 Å². The molecule has 4 saturated heterocycles. The summed E-state index contributed by atoms with van der Waals surface area (Å²) < 4.78 is 11.2. The van der Waals surface area contributed by atoms with Crippen LogP contribution in [0.2, 0.25) is 0 Å². The van der Waals surface area contributed by atoms with Gasteiger partial charge in [-0.3, -0.25) is 48.4 Å². The SMILES string of the molecule is C[C@@H](C(=O)N[C@H]1CN(Cc2ccc(CN3CC[C@H]4CC[C@@H](C(=O)NC(c5ccccc5)c5ccccc5)N4C(=O)[C@@H](NC(=O)[C@H](C)N(C)C(=O)OC(C)(C)C)C3)cc2)CC[C@H]2CCC(C(=O)NC(c3ccccc3)c3ccccc3)N2C1=O)N(C)C(=O)OC(C)(C)C. The highest BCUT2D eigenvalue weighted by atomic mass is 16.6. The lowest BCUT2D eigenvalue weighted by atomic mass is 9.98. The minimum absolute atomic E-state index is 0.117. The Hall–Kier alpha value is -8.62. The Bertz CT molecular complexity index is 3060. The van der Waals surface area contributed by atoms with Crippen LogP contribution in [-0.4, -0.2) is 177 Å². The van der Waals surface area contributed by atoms with Crippen LogP contribution in [0.15, 0.2) is 146 Å². The second-order valence-corrected chi connectivity index (χ2v) is 27.0. The molecule has 0 spiro atoms. The van der Waals surface area contributed by atoms with Crippen LogP contribution in [0.1, 0.15) is 139 Å². The molecule has 8 atom stereocenters. The Labute approximate surface area is 541 Å². The lowest BCUT2D eigenvalue weighted by Crippen LogP contribution is -2.62. The zero-order chi connectivity index (χ0) is 66.0. The fourth-order valence-corrected chi connectivity index (χ4v) is 12.9. The minimum Gasteiger partial charge on any atom is -0.444 e. The number of fused-ring (bicyclic) bond motifs is 2. The standard InChI is InChI=1S/C72H92N10O10/c1-47(77(9)69(89)91-71(3,4)5)63(83)73-57-45-79(41-39-55-35-37-59(81(55)67(57)87)65(85)75-61(51-23-15-11-16-24-51)52-25-17-12-18-26-52)43-49-31-33-50(34-32-49)44-80-42-40-56-36-38-60(66(86)76-62(53-27-19-13-20-28-53)54-29-21-14-22-30-54)82(56)68(88)58(46-80)74-64(84)48(2)78(10)70(90)92-72(6,7)8/h11-34,47-48,55-62H,35-46H2,1-10H3,(H,73,83)(H,74,84)(H,75,85)(H,76,86)/t47-,48-,55+,56+,57-,58-,59-,60?/m0/s1. The molecule has 4 fully saturated rings. The van der Waals surface area contributed by atoms with Gasteiger partial charge in [-0.1, -0.05) is 146 Å². The van der Waals surface area contributed by atoms with E-state index in [-0.39, 0.29) is 48.8 Å². The summed E-state index contributed by atoms with van der Waals surface area (Å²) in [5.41, 5.74) is 3.86. The van der Waals surface area contributed by atoms with Crippen LogP contribution >= 0.6 is 0 Å². The van der Waals surface area contributed by atoms with Crippen molar-refractivity contribution in [3.05, 3.63) is 179 Å². The van der Waals surface area contributed by atoms with Crippen LogP contribution in [0.3, 0.4) is 0 Å². The van der Waals surface area contributed by atoms with Gasteiger partial charge in [0.05, 0.1) is 12.1 Å². The van der Waals surface area contributed by atoms with Crippen LogP contribution in [0.25, 0.3) is 0 Å². The summed E-state index contributed by atoms with van der Waals surface area (Å²) in [6.07, 6.45) is 1.82. The van der Waals surface area contributed by atoms with E-state index in [2.05, 4.69) is 31.1 Å². The van der Waals surface area contributed by atoms with Crippen LogP contribution in [0.4, 0.5) is 9.59 Å². The maximum Gasteiger partial charge on any atom is 0.410 e. The molecule has 4 aliphatic rings. The van der Waals surface area contributed by atoms with Crippen molar-refractivity contribution in [2.24, 2.45) is 0 Å². The third kappa shape index (κ3) is 17.1. The highest BCUT2D eigenvalue weighted by molar-refractivity contribution is 5.96. The van der Waals surface area contributed by atoms with Crippen LogP contribution in [0, 0.1) is 0 Å². The average molecular weight is 1260 g/mol. The van der Waals surface area contributed by atoms with Crippen molar-refractivity contribution in [3.8, 4) is 0 Å². The molecule has 20 heteroatoms. The molecule has 4 N–H and O–H groups in total. The zero-order valence-corrected chi connectivity index (χ0v) is 54.9. The largest absolute Gasteiger partial charge is 0.444 e. The molecule has 9 rings (SSSR count). The van der Waals surface area contributed by atoms with E-state index in [0.717, 1.165) is 33.4 Å². The first-order valence-corrected chi connectivity index (χ1v) is 32.3. The van der Waals surface area contributed by atoms with Gasteiger partial charge in [-0.2, -0.15) is 0 Å². The highest BCUT2D eigenvalue weighted by Crippen LogP contribution is 2.34. The Balaban J connectivity index is 0.924. The van der Waals surface area contributed by atoms with Gasteiger partial charge in [0.2, 0.25) is 35.4 Å². The summed E-state index contributed by atoms with van der Waals surface area (Å²) in [7, 11) is 2.97. The normalized spacial score (nSPS) is 21.3. The first-order chi connectivity index (χ1) is 43.8. The minimum atomic E-state index is -1.09. The van der Waals surface area contributed by atoms with Gasteiger partial charge >= 0.3 is 12.2 Å². The Morgan fingerprint density at radius 3 is 1.07 bits per heavy atom. The van der Waals surface area contributed by atoms with E-state index in [1.807, 2.05) is 146 Å². The van der Waals surface area contributed by atoms with Gasteiger partial charge in [0.1, 0.15) is 47.5 Å². The third-order valence-electron chi connectivity index (χ3n) is 18.0. The number of ether oxygens (including phenoxy) is 2. The van der Waals surface area contributed by atoms with Crippen molar-refractivity contribution in [1.82, 2.24) is 50.7 Å². The van der Waals surface area contributed by atoms with Crippen molar-refractivity contribution in [2.75, 3.05) is 40.3 Å². The molecule has 1 unspecified atom stereocenters. The lowest BCUT2D eigenvalue weighted by molar-refractivity contribution is -0.145. The van der Waals surface area contributed by atoms with Crippen molar-refractivity contribution in [2.45, 2.75) is 179 Å². The lowest BCUT2D eigenvalue weighted by Gasteiger charge is -2.39. The first-order valence-electron chi connectivity index (χ1n) is 32.3. The van der Waals surface area contributed by atoms with Gasteiger partial charge in [0, 0.05) is 65.4 Å². The van der Waals surface area contributed by atoms with E-state index >= 15 is 9.59 Å². The molecule has 490 valence electrons. The molecule has 5 aromatic rings. The van der Waals surface area contributed by atoms with Crippen LogP contribution < -0.4 is 21.3 Å². The number of nitrogens with one attached hydrogen (secondary N) is 4. The number of carbonyl (C=O) groups excluding carboxylic acids is 8. The van der Waals surface area contributed by atoms with Gasteiger partial charge in [0.25, 0.3) is 0 Å². The molecule has 5 aromatic carbocycles. The topological polar surface area (TPSA) is 223 Å².